The van der Waals surface area contributed by atoms with Crippen LogP contribution in [-0.2, 0) is 0 Å². The molecule has 2 rings (SSSR count). The van der Waals surface area contributed by atoms with E-state index in [1.807, 2.05) is 19.9 Å². The van der Waals surface area contributed by atoms with Gasteiger partial charge < -0.3 is 9.84 Å². The second-order valence-electron chi connectivity index (χ2n) is 4.70. The first kappa shape index (κ1) is 15.5. The minimum atomic E-state index is -1.32. The molecule has 0 unspecified atom stereocenters. The highest BCUT2D eigenvalue weighted by Crippen LogP contribution is 2.31. The van der Waals surface area contributed by atoms with Crippen LogP contribution in [0.5, 0.6) is 5.75 Å². The van der Waals surface area contributed by atoms with Crippen molar-refractivity contribution in [2.24, 2.45) is 0 Å². The Morgan fingerprint density at radius 1 is 1.27 bits per heavy atom. The van der Waals surface area contributed by atoms with Crippen molar-refractivity contribution in [3.63, 3.8) is 0 Å². The van der Waals surface area contributed by atoms with Crippen molar-refractivity contribution >= 4 is 11.7 Å². The number of nitro benzene ring substituents is 1. The second kappa shape index (κ2) is 6.26. The number of aryl methyl sites for hydroxylation is 1. The van der Waals surface area contributed by atoms with Crippen molar-refractivity contribution in [1.82, 2.24) is 0 Å². The van der Waals surface area contributed by atoms with Crippen molar-refractivity contribution in [2.75, 3.05) is 6.61 Å². The minimum absolute atomic E-state index is 0.322. The molecule has 0 spiro atoms. The fourth-order valence-corrected chi connectivity index (χ4v) is 2.25. The van der Waals surface area contributed by atoms with E-state index in [9.17, 15) is 14.9 Å². The molecule has 1 N–H and O–H groups in total. The molecule has 0 heterocycles. The Morgan fingerprint density at radius 3 is 2.55 bits per heavy atom. The summed E-state index contributed by atoms with van der Waals surface area (Å²) in [4.78, 5) is 21.4. The molecule has 22 heavy (non-hydrogen) atoms. The number of carbonyl (C=O) groups is 1. The molecule has 6 nitrogen and oxygen atoms in total. The van der Waals surface area contributed by atoms with E-state index in [0.717, 1.165) is 16.9 Å². The average molecular weight is 301 g/mol. The summed E-state index contributed by atoms with van der Waals surface area (Å²) in [6, 6.07) is 9.54. The molecule has 0 amide bonds. The van der Waals surface area contributed by atoms with E-state index in [1.54, 1.807) is 18.2 Å². The molecule has 114 valence electrons. The zero-order valence-corrected chi connectivity index (χ0v) is 12.2. The molecule has 2 aromatic rings. The Bertz CT molecular complexity index is 739. The number of ether oxygens (including phenoxy) is 1. The van der Waals surface area contributed by atoms with Crippen LogP contribution >= 0.6 is 0 Å². The average Bonchev–Trinajstić information content (AvgIpc) is 2.47. The van der Waals surface area contributed by atoms with E-state index in [0.29, 0.717) is 12.2 Å². The van der Waals surface area contributed by atoms with Gasteiger partial charge in [0.2, 0.25) is 0 Å². The number of nitro groups is 1. The van der Waals surface area contributed by atoms with Gasteiger partial charge >= 0.3 is 5.97 Å². The van der Waals surface area contributed by atoms with Gasteiger partial charge in [0, 0.05) is 6.07 Å². The number of carboxylic acids is 1. The second-order valence-corrected chi connectivity index (χ2v) is 4.70. The predicted molar refractivity (Wildman–Crippen MR) is 81.4 cm³/mol. The highest BCUT2D eigenvalue weighted by molar-refractivity contribution is 5.93. The van der Waals surface area contributed by atoms with Gasteiger partial charge in [0.25, 0.3) is 5.69 Å². The van der Waals surface area contributed by atoms with Crippen molar-refractivity contribution in [1.29, 1.82) is 0 Å². The van der Waals surface area contributed by atoms with Crippen LogP contribution in [0.2, 0.25) is 0 Å². The molecule has 0 saturated heterocycles. The van der Waals surface area contributed by atoms with Gasteiger partial charge in [-0.2, -0.15) is 0 Å². The third kappa shape index (κ3) is 3.06. The van der Waals surface area contributed by atoms with Gasteiger partial charge in [0.05, 0.1) is 11.5 Å². The van der Waals surface area contributed by atoms with Crippen LogP contribution in [0.15, 0.2) is 36.4 Å². The first-order valence-electron chi connectivity index (χ1n) is 6.69. The molecule has 0 aliphatic rings. The van der Waals surface area contributed by atoms with E-state index in [4.69, 9.17) is 9.84 Å². The lowest BCUT2D eigenvalue weighted by Gasteiger charge is -2.10. The van der Waals surface area contributed by atoms with E-state index in [-0.39, 0.29) is 5.56 Å². The van der Waals surface area contributed by atoms with Gasteiger partial charge in [-0.1, -0.05) is 12.1 Å². The summed E-state index contributed by atoms with van der Waals surface area (Å²) >= 11 is 0. The van der Waals surface area contributed by atoms with Crippen molar-refractivity contribution in [2.45, 2.75) is 13.8 Å². The van der Waals surface area contributed by atoms with E-state index < -0.39 is 16.6 Å². The maximum atomic E-state index is 11.1. The number of hydrogen-bond donors (Lipinski definition) is 1. The highest BCUT2D eigenvalue weighted by Gasteiger charge is 2.20. The summed E-state index contributed by atoms with van der Waals surface area (Å²) in [5, 5.41) is 20.1. The monoisotopic (exact) mass is 301 g/mol. The minimum Gasteiger partial charge on any atom is -0.494 e. The lowest BCUT2D eigenvalue weighted by atomic mass is 9.98. The number of aromatic carboxylic acids is 1. The van der Waals surface area contributed by atoms with Gasteiger partial charge in [-0.25, -0.2) is 4.79 Å². The van der Waals surface area contributed by atoms with E-state index in [1.165, 1.54) is 12.1 Å². The van der Waals surface area contributed by atoms with Crippen molar-refractivity contribution in [3.8, 4) is 16.9 Å². The molecule has 0 aliphatic carbocycles. The molecule has 0 radical (unpaired) electrons. The number of hydrogen-bond acceptors (Lipinski definition) is 4. The number of rotatable bonds is 5. The number of benzene rings is 2. The zero-order chi connectivity index (χ0) is 16.3. The standard InChI is InChI=1S/C16H15NO5/c1-3-22-12-5-7-13(10(2)8-12)11-4-6-14(16(18)19)15(9-11)17(20)21/h4-9H,3H2,1-2H3,(H,18,19). The lowest BCUT2D eigenvalue weighted by Crippen LogP contribution is -2.02. The molecule has 0 saturated carbocycles. The lowest BCUT2D eigenvalue weighted by molar-refractivity contribution is -0.385. The highest BCUT2D eigenvalue weighted by atomic mass is 16.6. The summed E-state index contributed by atoms with van der Waals surface area (Å²) in [6.07, 6.45) is 0. The SMILES string of the molecule is CCOc1ccc(-c2ccc(C(=O)O)c([N+](=O)[O-])c2)c(C)c1. The molecule has 0 aromatic heterocycles. The normalized spacial score (nSPS) is 10.3. The first-order valence-corrected chi connectivity index (χ1v) is 6.69. The van der Waals surface area contributed by atoms with Gasteiger partial charge in [-0.3, -0.25) is 10.1 Å². The predicted octanol–water partition coefficient (Wildman–Crippen LogP) is 3.67. The van der Waals surface area contributed by atoms with Gasteiger partial charge in [-0.05, 0) is 48.7 Å². The summed E-state index contributed by atoms with van der Waals surface area (Å²) in [5.74, 6) is -0.595. The van der Waals surface area contributed by atoms with Crippen LogP contribution in [0, 0.1) is 17.0 Å². The number of nitrogens with zero attached hydrogens (tertiary/aromatic N) is 1. The molecule has 6 heteroatoms. The van der Waals surface area contributed by atoms with Crippen LogP contribution in [0.25, 0.3) is 11.1 Å². The fourth-order valence-electron chi connectivity index (χ4n) is 2.25. The fraction of sp³-hybridized carbons (Fsp3) is 0.188. The van der Waals surface area contributed by atoms with Crippen LogP contribution in [-0.4, -0.2) is 22.6 Å². The van der Waals surface area contributed by atoms with E-state index >= 15 is 0 Å². The molecular formula is C16H15NO5. The van der Waals surface area contributed by atoms with Gasteiger partial charge in [0.1, 0.15) is 11.3 Å². The third-order valence-corrected chi connectivity index (χ3v) is 3.24. The maximum Gasteiger partial charge on any atom is 0.342 e. The molecule has 0 atom stereocenters. The van der Waals surface area contributed by atoms with Crippen molar-refractivity contribution in [3.05, 3.63) is 57.6 Å². The Hall–Kier alpha value is -2.89. The summed E-state index contributed by atoms with van der Waals surface area (Å²) in [6.45, 7) is 4.31. The van der Waals surface area contributed by atoms with Crippen LogP contribution in [0.1, 0.15) is 22.8 Å². The van der Waals surface area contributed by atoms with Gasteiger partial charge in [-0.15, -0.1) is 0 Å². The van der Waals surface area contributed by atoms with E-state index in [2.05, 4.69) is 0 Å². The number of carboxylic acid groups (broad SMARTS) is 1. The van der Waals surface area contributed by atoms with Crippen LogP contribution < -0.4 is 4.74 Å². The van der Waals surface area contributed by atoms with Crippen LogP contribution in [0.3, 0.4) is 0 Å². The smallest absolute Gasteiger partial charge is 0.342 e. The Balaban J connectivity index is 2.51. The Kier molecular flexibility index (Phi) is 4.41. The van der Waals surface area contributed by atoms with Gasteiger partial charge in [0.15, 0.2) is 0 Å². The molecule has 0 fully saturated rings. The molecule has 0 aliphatic heterocycles. The van der Waals surface area contributed by atoms with Crippen molar-refractivity contribution < 1.29 is 19.6 Å². The first-order chi connectivity index (χ1) is 10.4. The quantitative estimate of drug-likeness (QED) is 0.672. The topological polar surface area (TPSA) is 89.7 Å². The maximum absolute atomic E-state index is 11.1. The summed E-state index contributed by atoms with van der Waals surface area (Å²) in [7, 11) is 0. The van der Waals surface area contributed by atoms with Crippen LogP contribution in [0.4, 0.5) is 5.69 Å². The Morgan fingerprint density at radius 2 is 2.00 bits per heavy atom. The Labute approximate surface area is 127 Å². The summed E-state index contributed by atoms with van der Waals surface area (Å²) in [5.41, 5.74) is 1.54. The molecular weight excluding hydrogens is 286 g/mol. The largest absolute Gasteiger partial charge is 0.494 e. The summed E-state index contributed by atoms with van der Waals surface area (Å²) < 4.78 is 5.40. The zero-order valence-electron chi connectivity index (χ0n) is 12.2. The molecule has 0 bridgehead atoms. The third-order valence-electron chi connectivity index (χ3n) is 3.24. The molecule has 2 aromatic carbocycles.